The second kappa shape index (κ2) is 5.43. The van der Waals surface area contributed by atoms with E-state index in [1.54, 1.807) is 0 Å². The van der Waals surface area contributed by atoms with Crippen LogP contribution >= 0.6 is 11.8 Å². The molecular weight excluding hydrogens is 290 g/mol. The molecule has 0 atom stereocenters. The number of hydrogen-bond acceptors (Lipinski definition) is 3. The molecule has 0 aliphatic heterocycles. The number of rotatable bonds is 3. The van der Waals surface area contributed by atoms with Gasteiger partial charge in [0.2, 0.25) is 0 Å². The van der Waals surface area contributed by atoms with Gasteiger partial charge >= 0.3 is 0 Å². The van der Waals surface area contributed by atoms with Crippen molar-refractivity contribution in [2.24, 2.45) is 7.05 Å². The van der Waals surface area contributed by atoms with Gasteiger partial charge in [0.25, 0.3) is 0 Å². The molecule has 1 aliphatic rings. The van der Waals surface area contributed by atoms with Gasteiger partial charge in [-0.3, -0.25) is 4.98 Å². The molecule has 0 spiro atoms. The summed E-state index contributed by atoms with van der Waals surface area (Å²) in [6.07, 6.45) is 7.86. The molecular formula is C18H19N3S. The van der Waals surface area contributed by atoms with E-state index in [4.69, 9.17) is 4.98 Å². The zero-order valence-electron chi connectivity index (χ0n) is 12.9. The third-order valence-corrected chi connectivity index (χ3v) is 5.79. The summed E-state index contributed by atoms with van der Waals surface area (Å²) in [4.78, 5) is 10.5. The van der Waals surface area contributed by atoms with Crippen LogP contribution in [0.4, 0.5) is 0 Å². The molecule has 1 aromatic carbocycles. The van der Waals surface area contributed by atoms with Crippen molar-refractivity contribution < 1.29 is 0 Å². The Morgan fingerprint density at radius 3 is 2.86 bits per heavy atom. The lowest BCUT2D eigenvalue weighted by Gasteiger charge is -2.25. The fourth-order valence-electron chi connectivity index (χ4n) is 2.88. The number of aromatic nitrogens is 3. The van der Waals surface area contributed by atoms with Crippen molar-refractivity contribution in [1.82, 2.24) is 14.5 Å². The lowest BCUT2D eigenvalue weighted by atomic mass is 10.00. The van der Waals surface area contributed by atoms with E-state index in [9.17, 15) is 0 Å². The van der Waals surface area contributed by atoms with Crippen molar-refractivity contribution in [3.8, 4) is 11.4 Å². The van der Waals surface area contributed by atoms with Gasteiger partial charge in [-0.2, -0.15) is 0 Å². The summed E-state index contributed by atoms with van der Waals surface area (Å²) in [6, 6.07) is 8.54. The molecule has 0 N–H and O–H groups in total. The first-order chi connectivity index (χ1) is 10.7. The number of nitrogens with zero attached hydrogens (tertiary/aromatic N) is 3. The van der Waals surface area contributed by atoms with Crippen LogP contribution in [-0.2, 0) is 7.05 Å². The monoisotopic (exact) mass is 309 g/mol. The average Bonchev–Trinajstić information content (AvgIpc) is 2.80. The van der Waals surface area contributed by atoms with Gasteiger partial charge in [-0.05, 0) is 43.5 Å². The molecule has 4 heteroatoms. The lowest BCUT2D eigenvalue weighted by molar-refractivity contribution is 0.522. The van der Waals surface area contributed by atoms with Crippen molar-refractivity contribution in [3.63, 3.8) is 0 Å². The van der Waals surface area contributed by atoms with Crippen molar-refractivity contribution in [3.05, 3.63) is 42.2 Å². The quantitative estimate of drug-likeness (QED) is 0.709. The fourth-order valence-corrected chi connectivity index (χ4v) is 4.21. The standard InChI is InChI=1S/C18H19N3S/c1-12-6-7-16-15(10-12)20-18(21(16)2)14-8-9-19-11-17(14)22-13-4-3-5-13/h6-11,13H,3-5H2,1-2H3. The molecule has 3 nitrogen and oxygen atoms in total. The Hall–Kier alpha value is -1.81. The Kier molecular flexibility index (Phi) is 3.41. The largest absolute Gasteiger partial charge is 0.327 e. The molecule has 1 saturated carbocycles. The zero-order valence-corrected chi connectivity index (χ0v) is 13.7. The molecule has 0 unspecified atom stereocenters. The SMILES string of the molecule is Cc1ccc2c(c1)nc(-c1ccncc1SC1CCC1)n2C. The Morgan fingerprint density at radius 1 is 1.23 bits per heavy atom. The summed E-state index contributed by atoms with van der Waals surface area (Å²) in [5, 5.41) is 0.750. The summed E-state index contributed by atoms with van der Waals surface area (Å²) < 4.78 is 2.19. The van der Waals surface area contributed by atoms with Crippen molar-refractivity contribution in [2.45, 2.75) is 36.3 Å². The molecule has 4 rings (SSSR count). The highest BCUT2D eigenvalue weighted by Crippen LogP contribution is 2.40. The van der Waals surface area contributed by atoms with E-state index < -0.39 is 0 Å². The Bertz CT molecular complexity index is 833. The molecule has 3 aromatic rings. The molecule has 0 amide bonds. The van der Waals surface area contributed by atoms with E-state index in [1.165, 1.54) is 40.8 Å². The van der Waals surface area contributed by atoms with Gasteiger partial charge in [0.15, 0.2) is 0 Å². The van der Waals surface area contributed by atoms with Gasteiger partial charge in [-0.15, -0.1) is 11.8 Å². The van der Waals surface area contributed by atoms with Crippen LogP contribution in [0.15, 0.2) is 41.6 Å². The summed E-state index contributed by atoms with van der Waals surface area (Å²) in [5.74, 6) is 1.03. The van der Waals surface area contributed by atoms with Gasteiger partial charge in [-0.25, -0.2) is 4.98 Å². The van der Waals surface area contributed by atoms with Crippen LogP contribution in [0.3, 0.4) is 0 Å². The molecule has 2 aromatic heterocycles. The van der Waals surface area contributed by atoms with Gasteiger partial charge in [0.1, 0.15) is 5.82 Å². The van der Waals surface area contributed by atoms with E-state index in [2.05, 4.69) is 47.8 Å². The van der Waals surface area contributed by atoms with Crippen LogP contribution in [0, 0.1) is 6.92 Å². The van der Waals surface area contributed by atoms with Crippen LogP contribution in [0.25, 0.3) is 22.4 Å². The first-order valence-electron chi connectivity index (χ1n) is 7.76. The molecule has 0 radical (unpaired) electrons. The summed E-state index contributed by atoms with van der Waals surface area (Å²) in [7, 11) is 2.10. The lowest BCUT2D eigenvalue weighted by Crippen LogP contribution is -2.13. The predicted molar refractivity (Wildman–Crippen MR) is 92.2 cm³/mol. The van der Waals surface area contributed by atoms with E-state index >= 15 is 0 Å². The first kappa shape index (κ1) is 13.8. The zero-order chi connectivity index (χ0) is 15.1. The van der Waals surface area contributed by atoms with Gasteiger partial charge in [-0.1, -0.05) is 12.5 Å². The Balaban J connectivity index is 1.82. The third kappa shape index (κ3) is 2.31. The molecule has 0 saturated heterocycles. The molecule has 112 valence electrons. The third-order valence-electron chi connectivity index (χ3n) is 4.41. The normalized spacial score (nSPS) is 15.2. The van der Waals surface area contributed by atoms with Crippen molar-refractivity contribution >= 4 is 22.8 Å². The fraction of sp³-hybridized carbons (Fsp3) is 0.333. The smallest absolute Gasteiger partial charge is 0.142 e. The maximum absolute atomic E-state index is 4.88. The number of thioether (sulfide) groups is 1. The highest BCUT2D eigenvalue weighted by atomic mass is 32.2. The number of hydrogen-bond donors (Lipinski definition) is 0. The van der Waals surface area contributed by atoms with Crippen LogP contribution in [-0.4, -0.2) is 19.8 Å². The summed E-state index contributed by atoms with van der Waals surface area (Å²) >= 11 is 1.96. The van der Waals surface area contributed by atoms with Crippen LogP contribution in [0.5, 0.6) is 0 Å². The molecule has 1 aliphatic carbocycles. The number of fused-ring (bicyclic) bond motifs is 1. The minimum atomic E-state index is 0.750. The van der Waals surface area contributed by atoms with Crippen LogP contribution in [0.2, 0.25) is 0 Å². The van der Waals surface area contributed by atoms with Crippen LogP contribution < -0.4 is 0 Å². The highest BCUT2D eigenvalue weighted by molar-refractivity contribution is 8.00. The van der Waals surface area contributed by atoms with Crippen LogP contribution in [0.1, 0.15) is 24.8 Å². The molecule has 22 heavy (non-hydrogen) atoms. The van der Waals surface area contributed by atoms with E-state index in [1.807, 2.05) is 24.2 Å². The van der Waals surface area contributed by atoms with E-state index in [-0.39, 0.29) is 0 Å². The van der Waals surface area contributed by atoms with Crippen molar-refractivity contribution in [2.75, 3.05) is 0 Å². The summed E-state index contributed by atoms with van der Waals surface area (Å²) in [5.41, 5.74) is 4.69. The average molecular weight is 309 g/mol. The molecule has 1 fully saturated rings. The maximum Gasteiger partial charge on any atom is 0.142 e. The van der Waals surface area contributed by atoms with Gasteiger partial charge < -0.3 is 4.57 Å². The van der Waals surface area contributed by atoms with E-state index in [0.29, 0.717) is 0 Å². The minimum Gasteiger partial charge on any atom is -0.327 e. The maximum atomic E-state index is 4.88. The Labute approximate surface area is 134 Å². The van der Waals surface area contributed by atoms with Crippen molar-refractivity contribution in [1.29, 1.82) is 0 Å². The molecule has 2 heterocycles. The Morgan fingerprint density at radius 2 is 2.09 bits per heavy atom. The number of imidazole rings is 1. The topological polar surface area (TPSA) is 30.7 Å². The molecule has 0 bridgehead atoms. The highest BCUT2D eigenvalue weighted by Gasteiger charge is 2.21. The van der Waals surface area contributed by atoms with Gasteiger partial charge in [0.05, 0.1) is 11.0 Å². The van der Waals surface area contributed by atoms with E-state index in [0.717, 1.165) is 16.6 Å². The second-order valence-corrected chi connectivity index (χ2v) is 7.37. The summed E-state index contributed by atoms with van der Waals surface area (Å²) in [6.45, 7) is 2.11. The number of benzene rings is 1. The number of pyridine rings is 1. The minimum absolute atomic E-state index is 0.750. The van der Waals surface area contributed by atoms with Gasteiger partial charge in [0, 0.05) is 35.2 Å². The predicted octanol–water partition coefficient (Wildman–Crippen LogP) is 4.59. The second-order valence-electron chi connectivity index (χ2n) is 6.03. The number of aryl methyl sites for hydroxylation is 2. The first-order valence-corrected chi connectivity index (χ1v) is 8.64.